The Balaban J connectivity index is 1.42. The highest BCUT2D eigenvalue weighted by molar-refractivity contribution is 7.91. The van der Waals surface area contributed by atoms with Crippen molar-refractivity contribution in [3.05, 3.63) is 52.4 Å². The molecule has 5 nitrogen and oxygen atoms in total. The maximum Gasteiger partial charge on any atom is 0.252 e. The van der Waals surface area contributed by atoms with Gasteiger partial charge in [-0.15, -0.1) is 11.3 Å². The molecule has 150 valence electrons. The van der Waals surface area contributed by atoms with Gasteiger partial charge < -0.3 is 5.32 Å². The Labute approximate surface area is 170 Å². The molecule has 7 heteroatoms. The Morgan fingerprint density at radius 1 is 1.21 bits per heavy atom. The second-order valence-electron chi connectivity index (χ2n) is 7.75. The molecule has 2 heterocycles. The number of hydrogen-bond donors (Lipinski definition) is 1. The molecule has 2 aromatic rings. The third kappa shape index (κ3) is 3.88. The fourth-order valence-electron chi connectivity index (χ4n) is 4.19. The van der Waals surface area contributed by atoms with Gasteiger partial charge in [-0.3, -0.25) is 4.79 Å². The number of amides is 1. The summed E-state index contributed by atoms with van der Waals surface area (Å²) in [5, 5.41) is 4.87. The molecule has 1 saturated heterocycles. The summed E-state index contributed by atoms with van der Waals surface area (Å²) < 4.78 is 27.4. The minimum atomic E-state index is -3.50. The molecule has 0 saturated carbocycles. The van der Waals surface area contributed by atoms with Crippen LogP contribution in [0, 0.1) is 5.92 Å². The molecule has 1 N–H and O–H groups in total. The summed E-state index contributed by atoms with van der Waals surface area (Å²) in [6.45, 7) is 2.73. The van der Waals surface area contributed by atoms with Crippen LogP contribution in [0.1, 0.15) is 48.9 Å². The van der Waals surface area contributed by atoms with Crippen molar-refractivity contribution in [2.24, 2.45) is 5.92 Å². The van der Waals surface area contributed by atoms with Gasteiger partial charge in [0.1, 0.15) is 4.21 Å². The van der Waals surface area contributed by atoms with Crippen LogP contribution in [0.25, 0.3) is 0 Å². The predicted octanol–water partition coefficient (Wildman–Crippen LogP) is 3.51. The highest BCUT2D eigenvalue weighted by atomic mass is 32.2. The van der Waals surface area contributed by atoms with Gasteiger partial charge in [0.05, 0.1) is 12.0 Å². The van der Waals surface area contributed by atoms with Gasteiger partial charge >= 0.3 is 0 Å². The van der Waals surface area contributed by atoms with Crippen LogP contribution >= 0.6 is 11.3 Å². The molecule has 0 bridgehead atoms. The molecule has 1 aromatic heterocycles. The van der Waals surface area contributed by atoms with Gasteiger partial charge in [-0.2, -0.15) is 4.31 Å². The molecule has 2 aliphatic rings. The van der Waals surface area contributed by atoms with Gasteiger partial charge in [-0.1, -0.05) is 24.3 Å². The molecule has 2 atom stereocenters. The molecule has 28 heavy (non-hydrogen) atoms. The summed E-state index contributed by atoms with van der Waals surface area (Å²) in [5.74, 6) is -0.362. The third-order valence-electron chi connectivity index (χ3n) is 5.83. The third-order valence-corrected chi connectivity index (χ3v) is 9.06. The minimum absolute atomic E-state index is 0.0564. The van der Waals surface area contributed by atoms with Gasteiger partial charge in [0.15, 0.2) is 0 Å². The number of fused-ring (bicyclic) bond motifs is 1. The van der Waals surface area contributed by atoms with Crippen LogP contribution in [-0.2, 0) is 27.7 Å². The number of hydrogen-bond acceptors (Lipinski definition) is 4. The minimum Gasteiger partial charge on any atom is -0.349 e. The molecular formula is C21H26N2O3S2. The number of thiophene rings is 1. The smallest absolute Gasteiger partial charge is 0.252 e. The van der Waals surface area contributed by atoms with E-state index in [0.717, 1.165) is 24.8 Å². The van der Waals surface area contributed by atoms with E-state index >= 15 is 0 Å². The molecule has 1 amide bonds. The van der Waals surface area contributed by atoms with Crippen molar-refractivity contribution in [2.75, 3.05) is 13.1 Å². The van der Waals surface area contributed by atoms with Gasteiger partial charge in [0, 0.05) is 13.1 Å². The number of rotatable bonds is 5. The Morgan fingerprint density at radius 2 is 2.04 bits per heavy atom. The van der Waals surface area contributed by atoms with E-state index in [1.54, 1.807) is 17.5 Å². The largest absolute Gasteiger partial charge is 0.349 e. The van der Waals surface area contributed by atoms with Crippen molar-refractivity contribution in [3.63, 3.8) is 0 Å². The molecule has 0 spiro atoms. The quantitative estimate of drug-likeness (QED) is 0.808. The number of benzene rings is 1. The van der Waals surface area contributed by atoms with Crippen LogP contribution in [-0.4, -0.2) is 31.7 Å². The van der Waals surface area contributed by atoms with Gasteiger partial charge in [-0.25, -0.2) is 8.42 Å². The molecule has 2 unspecified atom stereocenters. The lowest BCUT2D eigenvalue weighted by Crippen LogP contribution is -2.45. The van der Waals surface area contributed by atoms with E-state index in [2.05, 4.69) is 23.5 Å². The summed E-state index contributed by atoms with van der Waals surface area (Å²) in [4.78, 5) is 12.8. The van der Waals surface area contributed by atoms with Crippen LogP contribution < -0.4 is 5.32 Å². The van der Waals surface area contributed by atoms with E-state index in [1.165, 1.54) is 33.2 Å². The lowest BCUT2D eigenvalue weighted by Gasteiger charge is -2.31. The monoisotopic (exact) mass is 418 g/mol. The second kappa shape index (κ2) is 7.97. The molecule has 4 rings (SSSR count). The normalized spacial score (nSPS) is 21.2. The van der Waals surface area contributed by atoms with Crippen LogP contribution in [0.15, 0.2) is 39.9 Å². The van der Waals surface area contributed by atoms with Crippen molar-refractivity contribution in [2.45, 2.75) is 49.3 Å². The average molecular weight is 419 g/mol. The van der Waals surface area contributed by atoms with E-state index < -0.39 is 10.0 Å². The maximum absolute atomic E-state index is 12.8. The van der Waals surface area contributed by atoms with Crippen LogP contribution in [0.3, 0.4) is 0 Å². The number of piperidine rings is 1. The first kappa shape index (κ1) is 19.6. The van der Waals surface area contributed by atoms with E-state index in [9.17, 15) is 13.2 Å². The first-order valence-electron chi connectivity index (χ1n) is 9.91. The van der Waals surface area contributed by atoms with E-state index in [-0.39, 0.29) is 24.4 Å². The van der Waals surface area contributed by atoms with Crippen molar-refractivity contribution >= 4 is 27.3 Å². The molecule has 1 aliphatic heterocycles. The van der Waals surface area contributed by atoms with E-state index in [0.29, 0.717) is 17.2 Å². The number of nitrogens with one attached hydrogen (secondary N) is 1. The maximum atomic E-state index is 12.8. The van der Waals surface area contributed by atoms with Crippen LogP contribution in [0.4, 0.5) is 0 Å². The SMILES string of the molecule is CC(NC(=O)C1CCCN(S(=O)(=O)c2cccs2)C1)c1ccc2c(c1)CCC2. The average Bonchev–Trinajstić information content (AvgIpc) is 3.39. The van der Waals surface area contributed by atoms with Crippen molar-refractivity contribution in [1.29, 1.82) is 0 Å². The van der Waals surface area contributed by atoms with Gasteiger partial charge in [0.2, 0.25) is 5.91 Å². The Hall–Kier alpha value is -1.70. The first-order chi connectivity index (χ1) is 13.4. The standard InChI is InChI=1S/C21H26N2O3S2/c1-15(17-10-9-16-5-2-6-18(16)13-17)22-21(24)19-7-3-11-23(14-19)28(25,26)20-8-4-12-27-20/h4,8-10,12-13,15,19H,2-3,5-7,11,14H2,1H3,(H,22,24). The van der Waals surface area contributed by atoms with Gasteiger partial charge in [0.25, 0.3) is 10.0 Å². The van der Waals surface area contributed by atoms with Crippen LogP contribution in [0.5, 0.6) is 0 Å². The molecular weight excluding hydrogens is 392 g/mol. The fourth-order valence-corrected chi connectivity index (χ4v) is 6.86. The number of carbonyl (C=O) groups is 1. The van der Waals surface area contributed by atoms with Crippen molar-refractivity contribution in [3.8, 4) is 0 Å². The zero-order valence-corrected chi connectivity index (χ0v) is 17.7. The number of nitrogens with zero attached hydrogens (tertiary/aromatic N) is 1. The lowest BCUT2D eigenvalue weighted by atomic mass is 9.97. The van der Waals surface area contributed by atoms with Gasteiger partial charge in [-0.05, 0) is 67.2 Å². The number of sulfonamides is 1. The Kier molecular flexibility index (Phi) is 5.58. The summed E-state index contributed by atoms with van der Waals surface area (Å²) in [7, 11) is -3.50. The first-order valence-corrected chi connectivity index (χ1v) is 12.2. The van der Waals surface area contributed by atoms with E-state index in [1.807, 2.05) is 6.92 Å². The zero-order valence-electron chi connectivity index (χ0n) is 16.1. The molecule has 1 aliphatic carbocycles. The molecule has 0 radical (unpaired) electrons. The summed E-state index contributed by atoms with van der Waals surface area (Å²) in [6, 6.07) is 9.77. The molecule has 1 aromatic carbocycles. The topological polar surface area (TPSA) is 66.5 Å². The lowest BCUT2D eigenvalue weighted by molar-refractivity contribution is -0.126. The highest BCUT2D eigenvalue weighted by Gasteiger charge is 2.34. The Morgan fingerprint density at radius 3 is 2.82 bits per heavy atom. The summed E-state index contributed by atoms with van der Waals surface area (Å²) in [6.07, 6.45) is 4.89. The van der Waals surface area contributed by atoms with E-state index in [4.69, 9.17) is 0 Å². The summed E-state index contributed by atoms with van der Waals surface area (Å²) >= 11 is 1.22. The number of aryl methyl sites for hydroxylation is 2. The predicted molar refractivity (Wildman–Crippen MR) is 111 cm³/mol. The van der Waals surface area contributed by atoms with Crippen molar-refractivity contribution < 1.29 is 13.2 Å². The zero-order chi connectivity index (χ0) is 19.7. The number of carbonyl (C=O) groups excluding carboxylic acids is 1. The fraction of sp³-hybridized carbons (Fsp3) is 0.476. The highest BCUT2D eigenvalue weighted by Crippen LogP contribution is 2.28. The van der Waals surface area contributed by atoms with Crippen molar-refractivity contribution in [1.82, 2.24) is 9.62 Å². The molecule has 1 fully saturated rings. The van der Waals surface area contributed by atoms with Crippen LogP contribution in [0.2, 0.25) is 0 Å². The second-order valence-corrected chi connectivity index (χ2v) is 10.9. The summed E-state index contributed by atoms with van der Waals surface area (Å²) in [5.41, 5.74) is 3.93. The Bertz CT molecular complexity index is 954.